The lowest BCUT2D eigenvalue weighted by molar-refractivity contribution is -0.132. The maximum absolute atomic E-state index is 12.9. The van der Waals surface area contributed by atoms with Gasteiger partial charge in [0.1, 0.15) is 5.82 Å². The second-order valence-corrected chi connectivity index (χ2v) is 9.74. The largest absolute Gasteiger partial charge is 0.342 e. The Bertz CT molecular complexity index is 1200. The molecule has 1 saturated carbocycles. The molecule has 0 spiro atoms. The van der Waals surface area contributed by atoms with E-state index in [-0.39, 0.29) is 22.9 Å². The molecule has 2 fully saturated rings. The van der Waals surface area contributed by atoms with E-state index in [4.69, 9.17) is 16.6 Å². The van der Waals surface area contributed by atoms with Crippen LogP contribution in [0, 0.1) is 5.92 Å². The van der Waals surface area contributed by atoms with Crippen LogP contribution in [0.5, 0.6) is 0 Å². The Kier molecular flexibility index (Phi) is 6.44. The highest BCUT2D eigenvalue weighted by Crippen LogP contribution is 2.30. The summed E-state index contributed by atoms with van der Waals surface area (Å²) in [6, 6.07) is 7.52. The molecule has 5 rings (SSSR count). The Morgan fingerprint density at radius 3 is 2.79 bits per heavy atom. The minimum Gasteiger partial charge on any atom is -0.342 e. The highest BCUT2D eigenvalue weighted by Gasteiger charge is 2.28. The summed E-state index contributed by atoms with van der Waals surface area (Å²) < 4.78 is 1.61. The summed E-state index contributed by atoms with van der Waals surface area (Å²) in [4.78, 5) is 35.2. The van der Waals surface area contributed by atoms with Crippen LogP contribution in [-0.4, -0.2) is 48.9 Å². The van der Waals surface area contributed by atoms with Gasteiger partial charge in [-0.2, -0.15) is 0 Å². The molecule has 1 aromatic carbocycles. The first-order valence-electron chi connectivity index (χ1n) is 11.9. The second-order valence-electron chi connectivity index (χ2n) is 9.33. The van der Waals surface area contributed by atoms with E-state index in [1.165, 1.54) is 25.7 Å². The maximum atomic E-state index is 12.9. The fraction of sp³-hybridized carbons (Fsp3) is 0.542. The van der Waals surface area contributed by atoms with Crippen molar-refractivity contribution in [2.45, 2.75) is 63.8 Å². The lowest BCUT2D eigenvalue weighted by Gasteiger charge is -2.32. The highest BCUT2D eigenvalue weighted by atomic mass is 35.5. The van der Waals surface area contributed by atoms with Crippen LogP contribution in [0.2, 0.25) is 5.02 Å². The van der Waals surface area contributed by atoms with Gasteiger partial charge >= 0.3 is 0 Å². The molecule has 1 N–H and O–H groups in total. The lowest BCUT2D eigenvalue weighted by Crippen LogP contribution is -2.40. The average molecular weight is 469 g/mol. The quantitative estimate of drug-likeness (QED) is 0.591. The SMILES string of the molecule is O=C(CCC1CCCC1)N1CCCC(c2nc3c(nnn3Cc3ccccc3Cl)c(=O)[nH]2)C1. The van der Waals surface area contributed by atoms with Gasteiger partial charge in [-0.1, -0.05) is 60.7 Å². The monoisotopic (exact) mass is 468 g/mol. The number of aromatic amines is 1. The molecule has 1 aliphatic heterocycles. The van der Waals surface area contributed by atoms with Gasteiger partial charge in [0.25, 0.3) is 5.56 Å². The summed E-state index contributed by atoms with van der Waals surface area (Å²) in [6.07, 6.45) is 8.52. The van der Waals surface area contributed by atoms with Crippen molar-refractivity contribution in [1.29, 1.82) is 0 Å². The van der Waals surface area contributed by atoms with Gasteiger partial charge in [0.15, 0.2) is 11.2 Å². The fourth-order valence-corrected chi connectivity index (χ4v) is 5.38. The van der Waals surface area contributed by atoms with Crippen molar-refractivity contribution in [3.63, 3.8) is 0 Å². The van der Waals surface area contributed by atoms with Gasteiger partial charge in [0, 0.05) is 30.5 Å². The van der Waals surface area contributed by atoms with Gasteiger partial charge in [-0.3, -0.25) is 9.59 Å². The van der Waals surface area contributed by atoms with Gasteiger partial charge < -0.3 is 9.88 Å². The number of piperidine rings is 1. The average Bonchev–Trinajstić information content (AvgIpc) is 3.49. The van der Waals surface area contributed by atoms with Crippen molar-refractivity contribution in [2.24, 2.45) is 5.92 Å². The van der Waals surface area contributed by atoms with E-state index in [1.54, 1.807) is 4.68 Å². The first-order chi connectivity index (χ1) is 16.1. The van der Waals surface area contributed by atoms with Crippen molar-refractivity contribution in [2.75, 3.05) is 13.1 Å². The maximum Gasteiger partial charge on any atom is 0.281 e. The molecule has 1 unspecified atom stereocenters. The van der Waals surface area contributed by atoms with Crippen LogP contribution < -0.4 is 5.56 Å². The van der Waals surface area contributed by atoms with Crippen molar-refractivity contribution in [1.82, 2.24) is 29.9 Å². The molecule has 3 heterocycles. The van der Waals surface area contributed by atoms with Gasteiger partial charge in [0.2, 0.25) is 5.91 Å². The second kappa shape index (κ2) is 9.63. The van der Waals surface area contributed by atoms with E-state index >= 15 is 0 Å². The third-order valence-electron chi connectivity index (χ3n) is 7.07. The molecule has 0 bridgehead atoms. The Balaban J connectivity index is 1.33. The third kappa shape index (κ3) is 4.81. The van der Waals surface area contributed by atoms with Crippen molar-refractivity contribution < 1.29 is 4.79 Å². The number of rotatable bonds is 6. The lowest BCUT2D eigenvalue weighted by atomic mass is 9.96. The first-order valence-corrected chi connectivity index (χ1v) is 12.3. The zero-order valence-electron chi connectivity index (χ0n) is 18.7. The number of halogens is 1. The number of nitrogens with one attached hydrogen (secondary N) is 1. The van der Waals surface area contributed by atoms with Crippen molar-refractivity contribution in [3.8, 4) is 0 Å². The number of carbonyl (C=O) groups excluding carboxylic acids is 1. The van der Waals surface area contributed by atoms with E-state index in [9.17, 15) is 9.59 Å². The number of carbonyl (C=O) groups is 1. The van der Waals surface area contributed by atoms with Crippen LogP contribution in [0.15, 0.2) is 29.1 Å². The van der Waals surface area contributed by atoms with Gasteiger partial charge in [-0.05, 0) is 36.8 Å². The Morgan fingerprint density at radius 1 is 1.15 bits per heavy atom. The van der Waals surface area contributed by atoms with Crippen LogP contribution in [0.1, 0.15) is 68.7 Å². The summed E-state index contributed by atoms with van der Waals surface area (Å²) in [7, 11) is 0. The molecule has 33 heavy (non-hydrogen) atoms. The molecule has 174 valence electrons. The Labute approximate surface area is 197 Å². The smallest absolute Gasteiger partial charge is 0.281 e. The predicted octanol–water partition coefficient (Wildman–Crippen LogP) is 3.89. The molecule has 1 atom stereocenters. The molecule has 9 heteroatoms. The number of H-pyrrole nitrogens is 1. The van der Waals surface area contributed by atoms with Gasteiger partial charge in [-0.25, -0.2) is 9.67 Å². The summed E-state index contributed by atoms with van der Waals surface area (Å²) in [5, 5.41) is 8.81. The minimum atomic E-state index is -0.301. The number of benzene rings is 1. The molecule has 1 aliphatic carbocycles. The van der Waals surface area contributed by atoms with E-state index < -0.39 is 0 Å². The Hall–Kier alpha value is -2.74. The first kappa shape index (κ1) is 22.1. The van der Waals surface area contributed by atoms with Crippen LogP contribution in [0.3, 0.4) is 0 Å². The third-order valence-corrected chi connectivity index (χ3v) is 7.44. The minimum absolute atomic E-state index is 0.00468. The molecule has 3 aromatic rings. The van der Waals surface area contributed by atoms with Crippen LogP contribution in [0.25, 0.3) is 11.2 Å². The molecular weight excluding hydrogens is 440 g/mol. The number of hydrogen-bond donors (Lipinski definition) is 1. The molecule has 1 saturated heterocycles. The summed E-state index contributed by atoms with van der Waals surface area (Å²) >= 11 is 6.30. The molecule has 0 radical (unpaired) electrons. The van der Waals surface area contributed by atoms with Gasteiger partial charge in [0.05, 0.1) is 6.54 Å². The standard InChI is InChI=1S/C24H29ClN6O2/c25-19-10-4-3-8-17(19)15-31-23-21(28-29-31)24(33)27-22(26-23)18-9-5-13-30(14-18)20(32)12-11-16-6-1-2-7-16/h3-4,8,10,16,18H,1-2,5-7,9,11-15H2,(H,26,27,33). The van der Waals surface area contributed by atoms with Crippen molar-refractivity contribution >= 4 is 28.7 Å². The molecule has 2 aliphatic rings. The number of nitrogens with zero attached hydrogens (tertiary/aromatic N) is 5. The van der Waals surface area contributed by atoms with E-state index in [2.05, 4.69) is 15.3 Å². The fourth-order valence-electron chi connectivity index (χ4n) is 5.18. The predicted molar refractivity (Wildman–Crippen MR) is 126 cm³/mol. The molecular formula is C24H29ClN6O2. The number of hydrogen-bond acceptors (Lipinski definition) is 5. The Morgan fingerprint density at radius 2 is 1.97 bits per heavy atom. The number of aromatic nitrogens is 5. The van der Waals surface area contributed by atoms with Crippen molar-refractivity contribution in [3.05, 3.63) is 51.0 Å². The van der Waals surface area contributed by atoms with E-state index in [1.807, 2.05) is 29.2 Å². The number of amides is 1. The van der Waals surface area contributed by atoms with E-state index in [0.29, 0.717) is 41.9 Å². The van der Waals surface area contributed by atoms with Crippen LogP contribution in [0.4, 0.5) is 0 Å². The summed E-state index contributed by atoms with van der Waals surface area (Å²) in [5.41, 5.74) is 1.24. The number of fused-ring (bicyclic) bond motifs is 1. The van der Waals surface area contributed by atoms with Gasteiger partial charge in [-0.15, -0.1) is 5.10 Å². The zero-order chi connectivity index (χ0) is 22.8. The number of likely N-dealkylation sites (tertiary alicyclic amines) is 1. The normalized spacial score (nSPS) is 19.4. The topological polar surface area (TPSA) is 96.8 Å². The van der Waals surface area contributed by atoms with Crippen LogP contribution >= 0.6 is 11.6 Å². The zero-order valence-corrected chi connectivity index (χ0v) is 19.4. The highest BCUT2D eigenvalue weighted by molar-refractivity contribution is 6.31. The molecule has 1 amide bonds. The summed E-state index contributed by atoms with van der Waals surface area (Å²) in [5.74, 6) is 1.53. The molecule has 2 aromatic heterocycles. The van der Waals surface area contributed by atoms with E-state index in [0.717, 1.165) is 31.4 Å². The summed E-state index contributed by atoms with van der Waals surface area (Å²) in [6.45, 7) is 1.74. The molecule has 8 nitrogen and oxygen atoms in total. The van der Waals surface area contributed by atoms with Crippen LogP contribution in [-0.2, 0) is 11.3 Å².